The highest BCUT2D eigenvalue weighted by Crippen LogP contribution is 2.46. The highest BCUT2D eigenvalue weighted by atomic mass is 35.5. The van der Waals surface area contributed by atoms with E-state index in [9.17, 15) is 13.2 Å². The number of ether oxygens (including phenoxy) is 1. The normalized spacial score (nSPS) is 29.2. The molecule has 6 rings (SSSR count). The van der Waals surface area contributed by atoms with Gasteiger partial charge in [-0.2, -0.15) is 11.8 Å². The third-order valence-corrected chi connectivity index (χ3v) is 11.9. The standard InChI is InChI=1S/C29H35ClN2O4S2/c30-23-8-9-24-20(15-23)5-4-12-29(24)18-32-17-22-7-11-27(22)37-13-2-1-3-14-38(34,35)31-28(33)21-6-10-26(36-19-29)25(32)16-21/h6,8-10,15-16,22,27H,1-5,7,11-14,17-19H2,(H,31,33)/t22-,27-,29-/m0/s1. The number of amides is 1. The fraction of sp³-hybridized carbons (Fsp3) is 0.552. The number of rotatable bonds is 0. The molecule has 2 aliphatic carbocycles. The van der Waals surface area contributed by atoms with Crippen LogP contribution in [0.5, 0.6) is 5.75 Å². The average Bonchev–Trinajstić information content (AvgIpc) is 3.02. The number of anilines is 1. The SMILES string of the molecule is O=C1NS(=O)(=O)CCCCCS[C@H]2CC[C@H]2CN2C[C@@]3(CCCc4cc(Cl)ccc43)COc3ccc1cc32. The molecule has 9 heteroatoms. The molecule has 1 saturated carbocycles. The van der Waals surface area contributed by atoms with Crippen LogP contribution in [0, 0.1) is 5.92 Å². The van der Waals surface area contributed by atoms with Gasteiger partial charge in [-0.3, -0.25) is 4.79 Å². The molecule has 1 amide bonds. The molecule has 2 aromatic rings. The molecule has 4 aliphatic rings. The molecule has 0 saturated heterocycles. The van der Waals surface area contributed by atoms with Crippen molar-refractivity contribution in [1.29, 1.82) is 0 Å². The number of fused-ring (bicyclic) bond motifs is 4. The minimum Gasteiger partial charge on any atom is -0.490 e. The van der Waals surface area contributed by atoms with E-state index in [2.05, 4.69) is 21.8 Å². The zero-order valence-corrected chi connectivity index (χ0v) is 24.0. The summed E-state index contributed by atoms with van der Waals surface area (Å²) in [5.74, 6) is 1.79. The van der Waals surface area contributed by atoms with Gasteiger partial charge in [0.15, 0.2) is 0 Å². The third kappa shape index (κ3) is 5.28. The largest absolute Gasteiger partial charge is 0.490 e. The third-order valence-electron chi connectivity index (χ3n) is 8.74. The van der Waals surface area contributed by atoms with Crippen LogP contribution in [0.2, 0.25) is 5.02 Å². The molecule has 0 unspecified atom stereocenters. The molecule has 1 fully saturated rings. The van der Waals surface area contributed by atoms with E-state index >= 15 is 0 Å². The van der Waals surface area contributed by atoms with Crippen molar-refractivity contribution in [2.24, 2.45) is 5.92 Å². The average molecular weight is 575 g/mol. The summed E-state index contributed by atoms with van der Waals surface area (Å²) in [5, 5.41) is 1.39. The molecule has 2 aromatic carbocycles. The zero-order valence-electron chi connectivity index (χ0n) is 21.6. The van der Waals surface area contributed by atoms with Gasteiger partial charge in [0.1, 0.15) is 5.75 Å². The van der Waals surface area contributed by atoms with Gasteiger partial charge in [0.25, 0.3) is 5.91 Å². The molecule has 3 atom stereocenters. The molecule has 0 aromatic heterocycles. The zero-order chi connectivity index (χ0) is 26.3. The van der Waals surface area contributed by atoms with Crippen molar-refractivity contribution in [1.82, 2.24) is 4.72 Å². The van der Waals surface area contributed by atoms with E-state index in [1.165, 1.54) is 24.0 Å². The van der Waals surface area contributed by atoms with Crippen LogP contribution in [0.15, 0.2) is 36.4 Å². The summed E-state index contributed by atoms with van der Waals surface area (Å²) in [4.78, 5) is 15.5. The molecule has 2 bridgehead atoms. The van der Waals surface area contributed by atoms with Crippen molar-refractivity contribution in [3.63, 3.8) is 0 Å². The van der Waals surface area contributed by atoms with Gasteiger partial charge in [0.05, 0.1) is 18.0 Å². The van der Waals surface area contributed by atoms with Crippen LogP contribution in [0.1, 0.15) is 66.4 Å². The summed E-state index contributed by atoms with van der Waals surface area (Å²) in [6, 6.07) is 11.6. The monoisotopic (exact) mass is 574 g/mol. The highest BCUT2D eigenvalue weighted by molar-refractivity contribution is 7.99. The Kier molecular flexibility index (Phi) is 7.33. The molecule has 2 heterocycles. The smallest absolute Gasteiger partial charge is 0.264 e. The minimum atomic E-state index is -3.68. The van der Waals surface area contributed by atoms with Gasteiger partial charge < -0.3 is 9.64 Å². The summed E-state index contributed by atoms with van der Waals surface area (Å²) < 4.78 is 34.0. The van der Waals surface area contributed by atoms with Gasteiger partial charge in [-0.05, 0) is 98.1 Å². The molecule has 38 heavy (non-hydrogen) atoms. The second-order valence-corrected chi connectivity index (χ2v) is 15.0. The van der Waals surface area contributed by atoms with Crippen LogP contribution in [-0.4, -0.2) is 50.8 Å². The molecular formula is C29H35ClN2O4S2. The lowest BCUT2D eigenvalue weighted by Gasteiger charge is -2.44. The summed E-state index contributed by atoms with van der Waals surface area (Å²) in [6.45, 7) is 2.27. The summed E-state index contributed by atoms with van der Waals surface area (Å²) in [7, 11) is -3.68. The number of hydrogen-bond acceptors (Lipinski definition) is 6. The molecule has 2 aliphatic heterocycles. The van der Waals surface area contributed by atoms with Gasteiger partial charge >= 0.3 is 0 Å². The van der Waals surface area contributed by atoms with Crippen LogP contribution < -0.4 is 14.4 Å². The Morgan fingerprint density at radius 2 is 1.97 bits per heavy atom. The Morgan fingerprint density at radius 3 is 2.82 bits per heavy atom. The second-order valence-electron chi connectivity index (χ2n) is 11.3. The number of carbonyl (C=O) groups is 1. The molecular weight excluding hydrogens is 540 g/mol. The number of halogens is 1. The molecule has 6 nitrogen and oxygen atoms in total. The van der Waals surface area contributed by atoms with Crippen molar-refractivity contribution in [2.45, 2.75) is 62.0 Å². The van der Waals surface area contributed by atoms with E-state index in [0.29, 0.717) is 29.8 Å². The summed E-state index contributed by atoms with van der Waals surface area (Å²) in [6.07, 6.45) is 7.99. The maximum Gasteiger partial charge on any atom is 0.264 e. The Bertz CT molecular complexity index is 1330. The number of aryl methyl sites for hydroxylation is 1. The maximum absolute atomic E-state index is 13.0. The molecule has 1 N–H and O–H groups in total. The lowest BCUT2D eigenvalue weighted by Crippen LogP contribution is -2.49. The van der Waals surface area contributed by atoms with Gasteiger partial charge in [-0.15, -0.1) is 0 Å². The highest BCUT2D eigenvalue weighted by Gasteiger charge is 2.43. The van der Waals surface area contributed by atoms with E-state index in [1.54, 1.807) is 6.07 Å². The first-order valence-electron chi connectivity index (χ1n) is 13.8. The van der Waals surface area contributed by atoms with Gasteiger partial charge in [0, 0.05) is 34.3 Å². The number of sulfonamides is 1. The summed E-state index contributed by atoms with van der Waals surface area (Å²) >= 11 is 8.42. The van der Waals surface area contributed by atoms with Crippen LogP contribution in [0.3, 0.4) is 0 Å². The predicted molar refractivity (Wildman–Crippen MR) is 154 cm³/mol. The van der Waals surface area contributed by atoms with Crippen LogP contribution >= 0.6 is 23.4 Å². The van der Waals surface area contributed by atoms with Crippen LogP contribution in [0.4, 0.5) is 5.69 Å². The molecule has 1 spiro atoms. The van der Waals surface area contributed by atoms with Crippen LogP contribution in [0.25, 0.3) is 0 Å². The van der Waals surface area contributed by atoms with Crippen molar-refractivity contribution in [3.8, 4) is 5.75 Å². The van der Waals surface area contributed by atoms with Crippen molar-refractivity contribution < 1.29 is 17.9 Å². The number of benzene rings is 2. The number of nitrogens with one attached hydrogen (secondary N) is 1. The first-order chi connectivity index (χ1) is 18.3. The van der Waals surface area contributed by atoms with E-state index in [1.807, 2.05) is 30.0 Å². The Morgan fingerprint density at radius 1 is 1.08 bits per heavy atom. The summed E-state index contributed by atoms with van der Waals surface area (Å²) in [5.41, 5.74) is 3.68. The van der Waals surface area contributed by atoms with Crippen molar-refractivity contribution in [2.75, 3.05) is 36.1 Å². The minimum absolute atomic E-state index is 0.0262. The van der Waals surface area contributed by atoms with E-state index in [0.717, 1.165) is 67.4 Å². The second kappa shape index (κ2) is 10.6. The maximum atomic E-state index is 13.0. The van der Waals surface area contributed by atoms with Gasteiger partial charge in [-0.25, -0.2) is 13.1 Å². The van der Waals surface area contributed by atoms with E-state index in [-0.39, 0.29) is 11.2 Å². The number of hydrogen-bond donors (Lipinski definition) is 1. The van der Waals surface area contributed by atoms with Gasteiger partial charge in [0.2, 0.25) is 10.0 Å². The predicted octanol–water partition coefficient (Wildman–Crippen LogP) is 5.57. The van der Waals surface area contributed by atoms with Crippen LogP contribution in [-0.2, 0) is 21.9 Å². The molecule has 0 radical (unpaired) electrons. The topological polar surface area (TPSA) is 75.7 Å². The quantitative estimate of drug-likeness (QED) is 0.443. The first kappa shape index (κ1) is 26.3. The van der Waals surface area contributed by atoms with Crippen molar-refractivity contribution in [3.05, 3.63) is 58.1 Å². The number of nitrogens with zero attached hydrogens (tertiary/aromatic N) is 1. The first-order valence-corrected chi connectivity index (χ1v) is 16.9. The van der Waals surface area contributed by atoms with E-state index < -0.39 is 15.9 Å². The molecule has 204 valence electrons. The Balaban J connectivity index is 1.39. The van der Waals surface area contributed by atoms with Gasteiger partial charge in [-0.1, -0.05) is 24.1 Å². The number of thioether (sulfide) groups is 1. The Hall–Kier alpha value is -1.90. The van der Waals surface area contributed by atoms with Crippen molar-refractivity contribution >= 4 is 45.0 Å². The lowest BCUT2D eigenvalue weighted by atomic mass is 9.70. The Labute approximate surface area is 234 Å². The van der Waals surface area contributed by atoms with E-state index in [4.69, 9.17) is 16.3 Å². The lowest BCUT2D eigenvalue weighted by molar-refractivity contribution is 0.0981. The fourth-order valence-corrected chi connectivity index (χ4v) is 9.31. The number of carbonyl (C=O) groups excluding carboxylic acids is 1. The fourth-order valence-electron chi connectivity index (χ4n) is 6.56.